The average Bonchev–Trinajstić information content (AvgIpc) is 2.44. The molecule has 0 aliphatic carbocycles. The summed E-state index contributed by atoms with van der Waals surface area (Å²) >= 11 is 0. The van der Waals surface area contributed by atoms with E-state index in [9.17, 15) is 10.2 Å². The van der Waals surface area contributed by atoms with Crippen LogP contribution < -0.4 is 0 Å². The van der Waals surface area contributed by atoms with Gasteiger partial charge in [-0.2, -0.15) is 0 Å². The summed E-state index contributed by atoms with van der Waals surface area (Å²) in [5.74, 6) is 0.266. The van der Waals surface area contributed by atoms with Gasteiger partial charge in [0.25, 0.3) is 0 Å². The Kier molecular flexibility index (Phi) is 4.00. The molecule has 0 saturated heterocycles. The van der Waals surface area contributed by atoms with Crippen molar-refractivity contribution in [2.24, 2.45) is 0 Å². The Bertz CT molecular complexity index is 485. The van der Waals surface area contributed by atoms with E-state index >= 15 is 0 Å². The van der Waals surface area contributed by atoms with Gasteiger partial charge in [0.1, 0.15) is 0 Å². The van der Waals surface area contributed by atoms with E-state index in [0.29, 0.717) is 0 Å². The molecule has 2 rings (SSSR count). The lowest BCUT2D eigenvalue weighted by Crippen LogP contribution is -2.04. The Morgan fingerprint density at radius 2 is 1.17 bits per heavy atom. The maximum Gasteiger partial charge on any atom is 0.0497 e. The first kappa shape index (κ1) is 13.1. The fourth-order valence-corrected chi connectivity index (χ4v) is 2.40. The summed E-state index contributed by atoms with van der Waals surface area (Å²) in [5, 5.41) is 21.0. The monoisotopic (exact) mass is 244 g/mol. The van der Waals surface area contributed by atoms with Gasteiger partial charge in [0, 0.05) is 25.0 Å². The van der Waals surface area contributed by atoms with E-state index in [4.69, 9.17) is 0 Å². The zero-order valence-corrected chi connectivity index (χ0v) is 10.9. The van der Waals surface area contributed by atoms with Crippen LogP contribution >= 0.6 is 0 Å². The van der Waals surface area contributed by atoms with Crippen molar-refractivity contribution < 1.29 is 10.2 Å². The van der Waals surface area contributed by atoms with Crippen LogP contribution in [0.25, 0.3) is 10.8 Å². The molecule has 0 bridgehead atoms. The minimum atomic E-state index is 0.133. The third-order valence-electron chi connectivity index (χ3n) is 3.60. The Balaban J connectivity index is 2.66. The van der Waals surface area contributed by atoms with Crippen molar-refractivity contribution in [2.45, 2.75) is 25.7 Å². The summed E-state index contributed by atoms with van der Waals surface area (Å²) in [7, 11) is 0. The van der Waals surface area contributed by atoms with Gasteiger partial charge in [0.15, 0.2) is 0 Å². The van der Waals surface area contributed by atoms with Gasteiger partial charge in [-0.1, -0.05) is 50.2 Å². The Labute approximate surface area is 108 Å². The van der Waals surface area contributed by atoms with Crippen LogP contribution in [0, 0.1) is 0 Å². The molecular weight excluding hydrogens is 224 g/mol. The zero-order chi connectivity index (χ0) is 13.1. The second-order valence-corrected chi connectivity index (χ2v) is 4.96. The summed E-state index contributed by atoms with van der Waals surface area (Å²) in [5.41, 5.74) is 2.34. The van der Waals surface area contributed by atoms with Crippen LogP contribution in [0.2, 0.25) is 0 Å². The van der Waals surface area contributed by atoms with Gasteiger partial charge in [-0.25, -0.2) is 0 Å². The van der Waals surface area contributed by atoms with Crippen molar-refractivity contribution >= 4 is 10.8 Å². The molecule has 2 N–H and O–H groups in total. The van der Waals surface area contributed by atoms with Crippen LogP contribution in [0.5, 0.6) is 0 Å². The van der Waals surface area contributed by atoms with Crippen molar-refractivity contribution in [3.63, 3.8) is 0 Å². The van der Waals surface area contributed by atoms with E-state index in [-0.39, 0.29) is 25.0 Å². The number of hydrogen-bond donors (Lipinski definition) is 2. The predicted molar refractivity (Wildman–Crippen MR) is 74.9 cm³/mol. The maximum absolute atomic E-state index is 9.33. The zero-order valence-electron chi connectivity index (χ0n) is 10.9. The number of aliphatic hydroxyl groups excluding tert-OH is 2. The molecule has 0 fully saturated rings. The lowest BCUT2D eigenvalue weighted by molar-refractivity contribution is 0.272. The minimum Gasteiger partial charge on any atom is -0.396 e. The lowest BCUT2D eigenvalue weighted by atomic mass is 9.89. The molecule has 2 aromatic rings. The van der Waals surface area contributed by atoms with Crippen LogP contribution in [0.4, 0.5) is 0 Å². The quantitative estimate of drug-likeness (QED) is 0.868. The second-order valence-electron chi connectivity index (χ2n) is 4.96. The molecule has 18 heavy (non-hydrogen) atoms. The summed E-state index contributed by atoms with van der Waals surface area (Å²) in [4.78, 5) is 0. The van der Waals surface area contributed by atoms with Gasteiger partial charge in [-0.05, 0) is 21.9 Å². The first-order valence-corrected chi connectivity index (χ1v) is 6.42. The van der Waals surface area contributed by atoms with Crippen LogP contribution in [0.1, 0.15) is 36.8 Å². The normalized spacial score (nSPS) is 14.7. The molecule has 0 heterocycles. The minimum absolute atomic E-state index is 0.133. The number of aliphatic hydroxyl groups is 2. The highest BCUT2D eigenvalue weighted by atomic mass is 16.3. The van der Waals surface area contributed by atoms with E-state index in [2.05, 4.69) is 24.3 Å². The van der Waals surface area contributed by atoms with Crippen LogP contribution in [-0.2, 0) is 0 Å². The molecule has 0 aliphatic heterocycles. The molecule has 2 atom stereocenters. The SMILES string of the molecule is CC(CO)c1ccc(C(C)CO)c2ccccc12. The molecule has 2 heteroatoms. The van der Waals surface area contributed by atoms with E-state index in [1.54, 1.807) is 0 Å². The Morgan fingerprint density at radius 1 is 0.778 bits per heavy atom. The number of benzene rings is 2. The van der Waals surface area contributed by atoms with Gasteiger partial charge < -0.3 is 10.2 Å². The molecule has 2 unspecified atom stereocenters. The van der Waals surface area contributed by atoms with E-state index in [1.165, 1.54) is 21.9 Å². The molecular formula is C16H20O2. The number of hydrogen-bond acceptors (Lipinski definition) is 2. The fourth-order valence-electron chi connectivity index (χ4n) is 2.40. The van der Waals surface area contributed by atoms with Crippen molar-refractivity contribution in [3.05, 3.63) is 47.5 Å². The van der Waals surface area contributed by atoms with Gasteiger partial charge in [0.05, 0.1) is 0 Å². The summed E-state index contributed by atoms with van der Waals surface area (Å²) < 4.78 is 0. The molecule has 0 saturated carbocycles. The predicted octanol–water partition coefficient (Wildman–Crippen LogP) is 3.03. The van der Waals surface area contributed by atoms with Crippen molar-refractivity contribution in [2.75, 3.05) is 13.2 Å². The summed E-state index contributed by atoms with van der Waals surface area (Å²) in [6.07, 6.45) is 0. The van der Waals surface area contributed by atoms with Gasteiger partial charge >= 0.3 is 0 Å². The average molecular weight is 244 g/mol. The fraction of sp³-hybridized carbons (Fsp3) is 0.375. The highest BCUT2D eigenvalue weighted by molar-refractivity contribution is 5.89. The standard InChI is InChI=1S/C16H20O2/c1-11(9-17)13-7-8-14(12(2)10-18)16-6-4-3-5-15(13)16/h3-8,11-12,17-18H,9-10H2,1-2H3. The maximum atomic E-state index is 9.33. The third-order valence-corrected chi connectivity index (χ3v) is 3.60. The molecule has 0 aliphatic rings. The Hall–Kier alpha value is -1.38. The van der Waals surface area contributed by atoms with E-state index < -0.39 is 0 Å². The molecule has 0 amide bonds. The van der Waals surface area contributed by atoms with Gasteiger partial charge in [-0.15, -0.1) is 0 Å². The van der Waals surface area contributed by atoms with Gasteiger partial charge in [-0.3, -0.25) is 0 Å². The first-order chi connectivity index (χ1) is 8.69. The smallest absolute Gasteiger partial charge is 0.0497 e. The summed E-state index contributed by atoms with van der Waals surface area (Å²) in [6, 6.07) is 12.4. The highest BCUT2D eigenvalue weighted by Crippen LogP contribution is 2.31. The number of rotatable bonds is 4. The lowest BCUT2D eigenvalue weighted by Gasteiger charge is -2.17. The van der Waals surface area contributed by atoms with Gasteiger partial charge in [0.2, 0.25) is 0 Å². The largest absolute Gasteiger partial charge is 0.396 e. The van der Waals surface area contributed by atoms with Crippen molar-refractivity contribution in [3.8, 4) is 0 Å². The third kappa shape index (κ3) is 2.26. The second kappa shape index (κ2) is 5.51. The first-order valence-electron chi connectivity index (χ1n) is 6.42. The van der Waals surface area contributed by atoms with Crippen molar-refractivity contribution in [1.29, 1.82) is 0 Å². The van der Waals surface area contributed by atoms with Crippen LogP contribution in [0.3, 0.4) is 0 Å². The molecule has 2 nitrogen and oxygen atoms in total. The highest BCUT2D eigenvalue weighted by Gasteiger charge is 2.13. The molecule has 2 aromatic carbocycles. The molecule has 0 aromatic heterocycles. The molecule has 96 valence electrons. The topological polar surface area (TPSA) is 40.5 Å². The Morgan fingerprint density at radius 3 is 1.50 bits per heavy atom. The summed E-state index contributed by atoms with van der Waals surface area (Å²) in [6.45, 7) is 4.35. The van der Waals surface area contributed by atoms with E-state index in [1.807, 2.05) is 26.0 Å². The van der Waals surface area contributed by atoms with Crippen LogP contribution in [0.15, 0.2) is 36.4 Å². The molecule has 0 spiro atoms. The molecule has 0 radical (unpaired) electrons. The van der Waals surface area contributed by atoms with Crippen molar-refractivity contribution in [1.82, 2.24) is 0 Å². The van der Waals surface area contributed by atoms with E-state index in [0.717, 1.165) is 0 Å². The van der Waals surface area contributed by atoms with Crippen LogP contribution in [-0.4, -0.2) is 23.4 Å². The number of fused-ring (bicyclic) bond motifs is 1.